The second-order valence-electron chi connectivity index (χ2n) is 5.17. The number of nitrogens with zero attached hydrogens (tertiary/aromatic N) is 1. The van der Waals surface area contributed by atoms with Gasteiger partial charge in [-0.1, -0.05) is 20.8 Å². The molecular formula is C13H24N2OS. The Bertz CT molecular complexity index is 334. The van der Waals surface area contributed by atoms with Gasteiger partial charge in [-0.25, -0.2) is 4.98 Å². The molecule has 1 aromatic rings. The number of hydrogen-bond donors (Lipinski definition) is 1. The largest absolute Gasteiger partial charge is 0.369 e. The smallest absolute Gasteiger partial charge is 0.107 e. The van der Waals surface area contributed by atoms with Crippen LogP contribution in [0.5, 0.6) is 0 Å². The Kier molecular flexibility index (Phi) is 5.56. The van der Waals surface area contributed by atoms with Crippen LogP contribution in [0.15, 0.2) is 5.38 Å². The molecule has 0 spiro atoms. The molecule has 0 aliphatic carbocycles. The molecule has 0 saturated heterocycles. The molecule has 0 aliphatic heterocycles. The molecule has 3 nitrogen and oxygen atoms in total. The Morgan fingerprint density at radius 2 is 2.18 bits per heavy atom. The van der Waals surface area contributed by atoms with Gasteiger partial charge >= 0.3 is 0 Å². The molecule has 4 heteroatoms. The monoisotopic (exact) mass is 256 g/mol. The fourth-order valence-corrected chi connectivity index (χ4v) is 1.89. The Balaban J connectivity index is 2.40. The number of aromatic nitrogens is 1. The van der Waals surface area contributed by atoms with Crippen molar-refractivity contribution in [1.82, 2.24) is 10.3 Å². The zero-order chi connectivity index (χ0) is 12.9. The Morgan fingerprint density at radius 3 is 2.76 bits per heavy atom. The van der Waals surface area contributed by atoms with E-state index in [0.29, 0.717) is 12.6 Å². The third-order valence-corrected chi connectivity index (χ3v) is 3.62. The molecule has 0 aromatic carbocycles. The molecular weight excluding hydrogens is 232 g/mol. The predicted molar refractivity (Wildman–Crippen MR) is 73.2 cm³/mol. The van der Waals surface area contributed by atoms with Crippen molar-refractivity contribution in [3.8, 4) is 0 Å². The minimum atomic E-state index is -0.0556. The highest BCUT2D eigenvalue weighted by Crippen LogP contribution is 2.17. The summed E-state index contributed by atoms with van der Waals surface area (Å²) in [5.74, 6) is 0. The summed E-state index contributed by atoms with van der Waals surface area (Å²) in [7, 11) is 0. The quantitative estimate of drug-likeness (QED) is 0.812. The first kappa shape index (κ1) is 14.6. The topological polar surface area (TPSA) is 34.1 Å². The summed E-state index contributed by atoms with van der Waals surface area (Å²) in [6.45, 7) is 12.1. The van der Waals surface area contributed by atoms with Crippen molar-refractivity contribution in [2.75, 3.05) is 0 Å². The molecule has 0 atom stereocenters. The molecule has 1 aromatic heterocycles. The first-order valence-electron chi connectivity index (χ1n) is 6.23. The maximum Gasteiger partial charge on any atom is 0.107 e. The fraction of sp³-hybridized carbons (Fsp3) is 0.769. The average Bonchev–Trinajstić information content (AvgIpc) is 2.72. The summed E-state index contributed by atoms with van der Waals surface area (Å²) in [4.78, 5) is 4.55. The van der Waals surface area contributed by atoms with Crippen LogP contribution in [0.2, 0.25) is 0 Å². The molecule has 0 saturated carbocycles. The average molecular weight is 256 g/mol. The minimum absolute atomic E-state index is 0.0556. The van der Waals surface area contributed by atoms with Crippen molar-refractivity contribution < 1.29 is 4.74 Å². The molecule has 0 radical (unpaired) electrons. The molecule has 0 aliphatic rings. The first-order valence-corrected chi connectivity index (χ1v) is 7.11. The molecule has 98 valence electrons. The minimum Gasteiger partial charge on any atom is -0.369 e. The number of nitrogens with one attached hydrogen (secondary N) is 1. The van der Waals surface area contributed by atoms with Crippen LogP contribution >= 0.6 is 11.3 Å². The Hall–Kier alpha value is -0.450. The van der Waals surface area contributed by atoms with E-state index in [1.54, 1.807) is 11.3 Å². The van der Waals surface area contributed by atoms with Crippen LogP contribution in [0.4, 0.5) is 0 Å². The van der Waals surface area contributed by atoms with Crippen LogP contribution in [-0.2, 0) is 17.9 Å². The van der Waals surface area contributed by atoms with Crippen molar-refractivity contribution in [1.29, 1.82) is 0 Å². The second kappa shape index (κ2) is 6.47. The Morgan fingerprint density at radius 1 is 1.47 bits per heavy atom. The molecule has 1 heterocycles. The van der Waals surface area contributed by atoms with Gasteiger partial charge in [0.05, 0.1) is 17.9 Å². The van der Waals surface area contributed by atoms with E-state index in [0.717, 1.165) is 23.7 Å². The second-order valence-corrected chi connectivity index (χ2v) is 6.11. The van der Waals surface area contributed by atoms with Crippen molar-refractivity contribution in [2.45, 2.75) is 65.8 Å². The van der Waals surface area contributed by atoms with Gasteiger partial charge < -0.3 is 10.1 Å². The molecule has 0 amide bonds. The SMILES string of the molecule is CCC(C)(C)OCc1csc(CNC(C)C)n1. The maximum absolute atomic E-state index is 5.83. The Labute approximate surface area is 109 Å². The van der Waals surface area contributed by atoms with Crippen molar-refractivity contribution in [3.05, 3.63) is 16.1 Å². The van der Waals surface area contributed by atoms with Crippen molar-refractivity contribution >= 4 is 11.3 Å². The van der Waals surface area contributed by atoms with Gasteiger partial charge in [0.1, 0.15) is 5.01 Å². The highest BCUT2D eigenvalue weighted by atomic mass is 32.1. The maximum atomic E-state index is 5.83. The van der Waals surface area contributed by atoms with Gasteiger partial charge in [0.25, 0.3) is 0 Å². The summed E-state index contributed by atoms with van der Waals surface area (Å²) >= 11 is 1.70. The van der Waals surface area contributed by atoms with Crippen molar-refractivity contribution in [2.24, 2.45) is 0 Å². The van der Waals surface area contributed by atoms with Crippen LogP contribution < -0.4 is 5.32 Å². The molecule has 17 heavy (non-hydrogen) atoms. The third-order valence-electron chi connectivity index (χ3n) is 2.72. The fourth-order valence-electron chi connectivity index (χ4n) is 1.16. The lowest BCUT2D eigenvalue weighted by Gasteiger charge is -2.22. The predicted octanol–water partition coefficient (Wildman–Crippen LogP) is 3.35. The molecule has 1 N–H and O–H groups in total. The van der Waals surface area contributed by atoms with E-state index in [9.17, 15) is 0 Å². The van der Waals surface area contributed by atoms with Crippen LogP contribution in [-0.4, -0.2) is 16.6 Å². The lowest BCUT2D eigenvalue weighted by molar-refractivity contribution is -0.0328. The lowest BCUT2D eigenvalue weighted by Crippen LogP contribution is -2.23. The third kappa shape index (κ3) is 5.61. The molecule has 0 unspecified atom stereocenters. The summed E-state index contributed by atoms with van der Waals surface area (Å²) < 4.78 is 5.83. The van der Waals surface area contributed by atoms with E-state index in [-0.39, 0.29) is 5.60 Å². The lowest BCUT2D eigenvalue weighted by atomic mass is 10.1. The van der Waals surface area contributed by atoms with E-state index >= 15 is 0 Å². The van der Waals surface area contributed by atoms with Crippen LogP contribution in [0.25, 0.3) is 0 Å². The molecule has 0 fully saturated rings. The summed E-state index contributed by atoms with van der Waals surface area (Å²) in [5, 5.41) is 6.58. The summed E-state index contributed by atoms with van der Waals surface area (Å²) in [5.41, 5.74) is 0.983. The van der Waals surface area contributed by atoms with Gasteiger partial charge in [0, 0.05) is 18.0 Å². The van der Waals surface area contributed by atoms with E-state index in [4.69, 9.17) is 4.74 Å². The molecule has 0 bridgehead atoms. The number of thiazole rings is 1. The van der Waals surface area contributed by atoms with Gasteiger partial charge in [-0.05, 0) is 20.3 Å². The van der Waals surface area contributed by atoms with E-state index in [1.807, 2.05) is 0 Å². The van der Waals surface area contributed by atoms with E-state index < -0.39 is 0 Å². The standard InChI is InChI=1S/C13H24N2OS/c1-6-13(4,5)16-8-11-9-17-12(15-11)7-14-10(2)3/h9-10,14H,6-8H2,1-5H3. The van der Waals surface area contributed by atoms with E-state index in [2.05, 4.69) is 50.3 Å². The first-order chi connectivity index (χ1) is 7.93. The summed E-state index contributed by atoms with van der Waals surface area (Å²) in [6.07, 6.45) is 1.01. The number of hydrogen-bond acceptors (Lipinski definition) is 4. The van der Waals surface area contributed by atoms with Gasteiger partial charge in [0.2, 0.25) is 0 Å². The number of rotatable bonds is 7. The van der Waals surface area contributed by atoms with Crippen molar-refractivity contribution in [3.63, 3.8) is 0 Å². The van der Waals surface area contributed by atoms with Gasteiger partial charge in [-0.3, -0.25) is 0 Å². The van der Waals surface area contributed by atoms with Crippen LogP contribution in [0, 0.1) is 0 Å². The van der Waals surface area contributed by atoms with E-state index in [1.165, 1.54) is 0 Å². The highest BCUT2D eigenvalue weighted by Gasteiger charge is 2.15. The van der Waals surface area contributed by atoms with Gasteiger partial charge in [-0.2, -0.15) is 0 Å². The molecule has 1 rings (SSSR count). The van der Waals surface area contributed by atoms with Crippen LogP contribution in [0.1, 0.15) is 51.7 Å². The normalized spacial score (nSPS) is 12.4. The zero-order valence-electron chi connectivity index (χ0n) is 11.5. The van der Waals surface area contributed by atoms with Gasteiger partial charge in [-0.15, -0.1) is 11.3 Å². The van der Waals surface area contributed by atoms with Gasteiger partial charge in [0.15, 0.2) is 0 Å². The zero-order valence-corrected chi connectivity index (χ0v) is 12.4. The number of ether oxygens (including phenoxy) is 1. The highest BCUT2D eigenvalue weighted by molar-refractivity contribution is 7.09. The van der Waals surface area contributed by atoms with Crippen LogP contribution in [0.3, 0.4) is 0 Å². The summed E-state index contributed by atoms with van der Waals surface area (Å²) in [6, 6.07) is 0.498.